The molecule has 2 saturated heterocycles. The van der Waals surface area contributed by atoms with E-state index in [9.17, 15) is 4.79 Å². The van der Waals surface area contributed by atoms with Crippen molar-refractivity contribution in [2.45, 2.75) is 57.9 Å². The number of carbonyl (C=O) groups is 1. The Morgan fingerprint density at radius 3 is 2.42 bits per heavy atom. The third-order valence-corrected chi connectivity index (χ3v) is 8.48. The molecule has 196 valence electrons. The highest BCUT2D eigenvalue weighted by molar-refractivity contribution is 6.04. The summed E-state index contributed by atoms with van der Waals surface area (Å²) in [6.45, 7) is 8.20. The number of allylic oxidation sites excluding steroid dienone is 1. The summed E-state index contributed by atoms with van der Waals surface area (Å²) in [4.78, 5) is 27.9. The smallest absolute Gasteiger partial charge is 0.169 e. The molecule has 0 amide bonds. The van der Waals surface area contributed by atoms with Gasteiger partial charge in [0.1, 0.15) is 0 Å². The number of hydrogen-bond donors (Lipinski definition) is 0. The third kappa shape index (κ3) is 5.64. The molecule has 0 unspecified atom stereocenters. The first-order valence-electron chi connectivity index (χ1n) is 14.3. The van der Waals surface area contributed by atoms with Crippen LogP contribution in [0.15, 0.2) is 54.6 Å². The average Bonchev–Trinajstić information content (AvgIpc) is 3.48. The highest BCUT2D eigenvalue weighted by Gasteiger charge is 2.26. The number of benzene rings is 1. The highest BCUT2D eigenvalue weighted by Crippen LogP contribution is 2.28. The van der Waals surface area contributed by atoms with E-state index < -0.39 is 0 Å². The molecule has 38 heavy (non-hydrogen) atoms. The first-order valence-corrected chi connectivity index (χ1v) is 14.3. The molecular weight excluding hydrogens is 468 g/mol. The van der Waals surface area contributed by atoms with E-state index in [-0.39, 0.29) is 5.78 Å². The minimum absolute atomic E-state index is 0.152. The Labute approximate surface area is 226 Å². The summed E-state index contributed by atoms with van der Waals surface area (Å²) in [5.74, 6) is 0.152. The van der Waals surface area contributed by atoms with Crippen LogP contribution in [-0.4, -0.2) is 64.3 Å². The van der Waals surface area contributed by atoms with Gasteiger partial charge in [-0.15, -0.1) is 0 Å². The zero-order valence-electron chi connectivity index (χ0n) is 22.5. The fraction of sp³-hybridized carbons (Fsp3) is 0.424. The molecule has 0 spiro atoms. The van der Waals surface area contributed by atoms with Crippen LogP contribution in [0.2, 0.25) is 0 Å². The Morgan fingerprint density at radius 1 is 0.895 bits per heavy atom. The molecule has 0 saturated carbocycles. The van der Waals surface area contributed by atoms with E-state index in [0.717, 1.165) is 52.9 Å². The summed E-state index contributed by atoms with van der Waals surface area (Å²) in [5.41, 5.74) is 7.77. The second-order valence-electron chi connectivity index (χ2n) is 11.2. The molecule has 6 rings (SSSR count). The molecule has 2 aromatic heterocycles. The van der Waals surface area contributed by atoms with Crippen molar-refractivity contribution in [2.24, 2.45) is 0 Å². The predicted molar refractivity (Wildman–Crippen MR) is 153 cm³/mol. The Kier molecular flexibility index (Phi) is 7.48. The molecule has 3 aliphatic rings. The van der Waals surface area contributed by atoms with Gasteiger partial charge in [0.05, 0.1) is 17.1 Å². The van der Waals surface area contributed by atoms with Gasteiger partial charge in [-0.25, -0.2) is 0 Å². The van der Waals surface area contributed by atoms with Gasteiger partial charge in [0.2, 0.25) is 0 Å². The minimum Gasteiger partial charge on any atom is -0.303 e. The number of aromatic nitrogens is 2. The number of ketones is 1. The SMILES string of the molecule is Cc1cccc(-c2cc3c(c(Cc4ccc(CCN5CCC(N6CCCC6)CC5)cc4)n2)C(=O)CC=C3)n1. The van der Waals surface area contributed by atoms with Gasteiger partial charge in [0.25, 0.3) is 0 Å². The van der Waals surface area contributed by atoms with Crippen LogP contribution in [0.5, 0.6) is 0 Å². The van der Waals surface area contributed by atoms with Gasteiger partial charge in [-0.05, 0) is 100 Å². The molecule has 2 fully saturated rings. The fourth-order valence-electron chi connectivity index (χ4n) is 6.33. The lowest BCUT2D eigenvalue weighted by Crippen LogP contribution is -2.44. The fourth-order valence-corrected chi connectivity index (χ4v) is 6.33. The largest absolute Gasteiger partial charge is 0.303 e. The molecule has 1 aliphatic carbocycles. The molecule has 2 aliphatic heterocycles. The maximum absolute atomic E-state index is 12.9. The summed E-state index contributed by atoms with van der Waals surface area (Å²) in [7, 11) is 0. The van der Waals surface area contributed by atoms with Gasteiger partial charge in [-0.3, -0.25) is 14.8 Å². The molecule has 1 aromatic carbocycles. The zero-order valence-corrected chi connectivity index (χ0v) is 22.5. The van der Waals surface area contributed by atoms with Crippen LogP contribution in [0, 0.1) is 6.92 Å². The quantitative estimate of drug-likeness (QED) is 0.409. The maximum atomic E-state index is 12.9. The second-order valence-corrected chi connectivity index (χ2v) is 11.2. The van der Waals surface area contributed by atoms with Gasteiger partial charge in [0, 0.05) is 36.7 Å². The van der Waals surface area contributed by atoms with Gasteiger partial charge in [-0.2, -0.15) is 0 Å². The predicted octanol–water partition coefficient (Wildman–Crippen LogP) is 5.75. The lowest BCUT2D eigenvalue weighted by molar-refractivity contribution is 0.0993. The van der Waals surface area contributed by atoms with E-state index in [1.165, 1.54) is 63.0 Å². The van der Waals surface area contributed by atoms with Crippen molar-refractivity contribution < 1.29 is 4.79 Å². The number of carbonyl (C=O) groups excluding carboxylic acids is 1. The van der Waals surface area contributed by atoms with Crippen LogP contribution in [0.4, 0.5) is 0 Å². The summed E-state index contributed by atoms with van der Waals surface area (Å²) in [6, 6.07) is 17.7. The molecule has 3 aromatic rings. The summed E-state index contributed by atoms with van der Waals surface area (Å²) in [5, 5.41) is 0. The molecular formula is C33H38N4O. The Balaban J connectivity index is 1.12. The zero-order chi connectivity index (χ0) is 25.9. The first-order chi connectivity index (χ1) is 18.6. The van der Waals surface area contributed by atoms with Crippen molar-refractivity contribution in [2.75, 3.05) is 32.7 Å². The number of aryl methyl sites for hydroxylation is 1. The standard InChI is InChI=1S/C33H38N4O/c1-24-6-4-8-29(34-24)30-23-27-7-5-9-32(38)33(27)31(35-30)22-26-12-10-25(11-13-26)14-19-36-20-15-28(16-21-36)37-17-2-3-18-37/h4-8,10-13,23,28H,2-3,9,14-22H2,1H3. The molecule has 0 bridgehead atoms. The summed E-state index contributed by atoms with van der Waals surface area (Å²) in [6.07, 6.45) is 11.6. The van der Waals surface area contributed by atoms with Crippen molar-refractivity contribution in [1.82, 2.24) is 19.8 Å². The van der Waals surface area contributed by atoms with E-state index >= 15 is 0 Å². The Hall–Kier alpha value is -3.15. The highest BCUT2D eigenvalue weighted by atomic mass is 16.1. The minimum atomic E-state index is 0.152. The number of piperidine rings is 1. The van der Waals surface area contributed by atoms with Gasteiger partial charge in [-0.1, -0.05) is 42.5 Å². The van der Waals surface area contributed by atoms with E-state index in [0.29, 0.717) is 12.8 Å². The number of Topliss-reactive ketones (excluding diaryl/α,β-unsaturated/α-hetero) is 1. The molecule has 0 atom stereocenters. The monoisotopic (exact) mass is 506 g/mol. The maximum Gasteiger partial charge on any atom is 0.169 e. The number of nitrogens with zero attached hydrogens (tertiary/aromatic N) is 4. The number of likely N-dealkylation sites (tertiary alicyclic amines) is 2. The van der Waals surface area contributed by atoms with E-state index in [4.69, 9.17) is 4.98 Å². The lowest BCUT2D eigenvalue weighted by Gasteiger charge is -2.36. The van der Waals surface area contributed by atoms with Crippen LogP contribution < -0.4 is 0 Å². The Morgan fingerprint density at radius 2 is 1.66 bits per heavy atom. The first kappa shape index (κ1) is 25.1. The van der Waals surface area contributed by atoms with Gasteiger partial charge < -0.3 is 9.80 Å². The summed E-state index contributed by atoms with van der Waals surface area (Å²) < 4.78 is 0. The average molecular weight is 507 g/mol. The second kappa shape index (κ2) is 11.3. The molecule has 0 N–H and O–H groups in total. The van der Waals surface area contributed by atoms with Crippen molar-refractivity contribution in [3.63, 3.8) is 0 Å². The summed E-state index contributed by atoms with van der Waals surface area (Å²) >= 11 is 0. The molecule has 4 heterocycles. The number of rotatable bonds is 7. The van der Waals surface area contributed by atoms with Crippen LogP contribution in [0.1, 0.15) is 70.5 Å². The van der Waals surface area contributed by atoms with Crippen molar-refractivity contribution in [3.05, 3.63) is 88.2 Å². The Bertz CT molecular complexity index is 1320. The van der Waals surface area contributed by atoms with Crippen molar-refractivity contribution >= 4 is 11.9 Å². The van der Waals surface area contributed by atoms with Crippen LogP contribution in [0.25, 0.3) is 17.5 Å². The normalized spacial score (nSPS) is 18.7. The van der Waals surface area contributed by atoms with E-state index in [1.807, 2.05) is 37.3 Å². The van der Waals surface area contributed by atoms with Crippen LogP contribution >= 0.6 is 0 Å². The van der Waals surface area contributed by atoms with Crippen LogP contribution in [-0.2, 0) is 12.8 Å². The third-order valence-electron chi connectivity index (χ3n) is 8.48. The number of hydrogen-bond acceptors (Lipinski definition) is 5. The van der Waals surface area contributed by atoms with E-state index in [1.54, 1.807) is 0 Å². The van der Waals surface area contributed by atoms with Crippen molar-refractivity contribution in [1.29, 1.82) is 0 Å². The van der Waals surface area contributed by atoms with Crippen molar-refractivity contribution in [3.8, 4) is 11.4 Å². The van der Waals surface area contributed by atoms with Crippen LogP contribution in [0.3, 0.4) is 0 Å². The topological polar surface area (TPSA) is 49.3 Å². The van der Waals surface area contributed by atoms with Gasteiger partial charge >= 0.3 is 0 Å². The molecule has 5 heteroatoms. The number of pyridine rings is 2. The molecule has 0 radical (unpaired) electrons. The lowest BCUT2D eigenvalue weighted by atomic mass is 9.91. The van der Waals surface area contributed by atoms with E-state index in [2.05, 4.69) is 45.1 Å². The molecule has 5 nitrogen and oxygen atoms in total. The van der Waals surface area contributed by atoms with Gasteiger partial charge in [0.15, 0.2) is 5.78 Å². The number of fused-ring (bicyclic) bond motifs is 1.